The van der Waals surface area contributed by atoms with Gasteiger partial charge in [-0.2, -0.15) is 5.10 Å². The van der Waals surface area contributed by atoms with E-state index in [0.29, 0.717) is 11.6 Å². The van der Waals surface area contributed by atoms with Gasteiger partial charge in [-0.3, -0.25) is 9.89 Å². The molecule has 4 nitrogen and oxygen atoms in total. The van der Waals surface area contributed by atoms with Crippen molar-refractivity contribution in [2.75, 3.05) is 6.54 Å². The van der Waals surface area contributed by atoms with Crippen molar-refractivity contribution in [2.45, 2.75) is 26.8 Å². The first kappa shape index (κ1) is 14.1. The third kappa shape index (κ3) is 2.68. The molecule has 1 amide bonds. The molecule has 1 aliphatic heterocycles. The molecular weight excluding hydrogens is 286 g/mol. The van der Waals surface area contributed by atoms with Gasteiger partial charge >= 0.3 is 0 Å². The number of hydrogen-bond donors (Lipinski definition) is 1. The summed E-state index contributed by atoms with van der Waals surface area (Å²) >= 11 is 6.06. The number of rotatable bonds is 2. The minimum absolute atomic E-state index is 0.0214. The lowest BCUT2D eigenvalue weighted by Crippen LogP contribution is -2.38. The zero-order chi connectivity index (χ0) is 15.0. The molecule has 1 aromatic heterocycles. The number of H-pyrrole nitrogens is 1. The molecule has 3 rings (SSSR count). The number of aromatic nitrogens is 2. The van der Waals surface area contributed by atoms with E-state index in [9.17, 15) is 4.79 Å². The second-order valence-electron chi connectivity index (χ2n) is 5.70. The molecule has 0 aliphatic carbocycles. The number of halogens is 1. The second kappa shape index (κ2) is 5.53. The molecule has 21 heavy (non-hydrogen) atoms. The van der Waals surface area contributed by atoms with Crippen molar-refractivity contribution in [1.29, 1.82) is 0 Å². The summed E-state index contributed by atoms with van der Waals surface area (Å²) in [6.45, 7) is 5.24. The van der Waals surface area contributed by atoms with Gasteiger partial charge in [-0.25, -0.2) is 0 Å². The zero-order valence-electron chi connectivity index (χ0n) is 12.2. The summed E-state index contributed by atoms with van der Waals surface area (Å²) in [4.78, 5) is 14.1. The molecule has 0 unspecified atom stereocenters. The number of hydrogen-bond acceptors (Lipinski definition) is 2. The van der Waals surface area contributed by atoms with Crippen molar-refractivity contribution in [3.63, 3.8) is 0 Å². The molecular formula is C16H18ClN3O. The fourth-order valence-corrected chi connectivity index (χ4v) is 2.91. The van der Waals surface area contributed by atoms with E-state index in [1.54, 1.807) is 0 Å². The lowest BCUT2D eigenvalue weighted by molar-refractivity contribution is -0.135. The van der Waals surface area contributed by atoms with Crippen LogP contribution in [0.15, 0.2) is 24.3 Å². The first-order valence-corrected chi connectivity index (χ1v) is 7.55. The van der Waals surface area contributed by atoms with Gasteiger partial charge in [0.05, 0.1) is 5.69 Å². The van der Waals surface area contributed by atoms with E-state index in [1.807, 2.05) is 43.0 Å². The Morgan fingerprint density at radius 3 is 2.95 bits per heavy atom. The Morgan fingerprint density at radius 2 is 2.24 bits per heavy atom. The topological polar surface area (TPSA) is 49.0 Å². The molecule has 5 heteroatoms. The number of amides is 1. The molecule has 0 bridgehead atoms. The van der Waals surface area contributed by atoms with Gasteiger partial charge in [-0.15, -0.1) is 0 Å². The quantitative estimate of drug-likeness (QED) is 0.925. The molecule has 0 saturated heterocycles. The number of nitrogens with zero attached hydrogens (tertiary/aromatic N) is 2. The maximum absolute atomic E-state index is 12.2. The Balaban J connectivity index is 1.94. The molecule has 2 heterocycles. The van der Waals surface area contributed by atoms with Gasteiger partial charge in [0.1, 0.15) is 0 Å². The van der Waals surface area contributed by atoms with Crippen LogP contribution in [0.25, 0.3) is 11.3 Å². The van der Waals surface area contributed by atoms with E-state index in [0.717, 1.165) is 35.5 Å². The molecule has 0 radical (unpaired) electrons. The molecule has 1 N–H and O–H groups in total. The van der Waals surface area contributed by atoms with Crippen molar-refractivity contribution in [1.82, 2.24) is 15.1 Å². The summed E-state index contributed by atoms with van der Waals surface area (Å²) in [6.07, 6.45) is 0.821. The normalized spacial score (nSPS) is 14.4. The summed E-state index contributed by atoms with van der Waals surface area (Å²) in [5.74, 6) is 0.215. The van der Waals surface area contributed by atoms with Crippen LogP contribution in [0.5, 0.6) is 0 Å². The average Bonchev–Trinajstić information content (AvgIpc) is 2.89. The van der Waals surface area contributed by atoms with Crippen molar-refractivity contribution in [3.8, 4) is 11.3 Å². The number of aromatic amines is 1. The van der Waals surface area contributed by atoms with Gasteiger partial charge in [0, 0.05) is 47.3 Å². The Morgan fingerprint density at radius 1 is 1.43 bits per heavy atom. The second-order valence-corrected chi connectivity index (χ2v) is 6.14. The first-order chi connectivity index (χ1) is 10.1. The first-order valence-electron chi connectivity index (χ1n) is 7.17. The van der Waals surface area contributed by atoms with Crippen LogP contribution in [0.2, 0.25) is 5.02 Å². The summed E-state index contributed by atoms with van der Waals surface area (Å²) in [5, 5.41) is 8.22. The highest BCUT2D eigenvalue weighted by molar-refractivity contribution is 6.30. The fourth-order valence-electron chi connectivity index (χ4n) is 2.72. The van der Waals surface area contributed by atoms with Crippen LogP contribution in [-0.2, 0) is 17.8 Å². The summed E-state index contributed by atoms with van der Waals surface area (Å²) < 4.78 is 0. The molecule has 2 aromatic rings. The third-order valence-electron chi connectivity index (χ3n) is 3.84. The minimum atomic E-state index is 0.0214. The van der Waals surface area contributed by atoms with E-state index in [-0.39, 0.29) is 11.8 Å². The number of nitrogens with one attached hydrogen (secondary N) is 1. The van der Waals surface area contributed by atoms with Gasteiger partial charge < -0.3 is 4.90 Å². The smallest absolute Gasteiger partial charge is 0.225 e. The predicted molar refractivity (Wildman–Crippen MR) is 83.0 cm³/mol. The number of benzene rings is 1. The van der Waals surface area contributed by atoms with Crippen LogP contribution in [0.3, 0.4) is 0 Å². The molecule has 1 aliphatic rings. The summed E-state index contributed by atoms with van der Waals surface area (Å²) in [5.41, 5.74) is 4.11. The van der Waals surface area contributed by atoms with Crippen molar-refractivity contribution in [2.24, 2.45) is 5.92 Å². The molecule has 110 valence electrons. The Kier molecular flexibility index (Phi) is 3.72. The van der Waals surface area contributed by atoms with E-state index >= 15 is 0 Å². The standard InChI is InChI=1S/C16H18ClN3O/c1-10(2)16(21)20-7-6-14-13(9-20)15(19-18-14)11-4-3-5-12(17)8-11/h3-5,8,10H,6-7,9H2,1-2H3,(H,18,19). The summed E-state index contributed by atoms with van der Waals surface area (Å²) in [6, 6.07) is 7.66. The average molecular weight is 304 g/mol. The van der Waals surface area contributed by atoms with E-state index < -0.39 is 0 Å². The van der Waals surface area contributed by atoms with Gasteiger partial charge in [-0.1, -0.05) is 37.6 Å². The lowest BCUT2D eigenvalue weighted by Gasteiger charge is -2.28. The third-order valence-corrected chi connectivity index (χ3v) is 4.07. The van der Waals surface area contributed by atoms with Crippen LogP contribution in [-0.4, -0.2) is 27.5 Å². The van der Waals surface area contributed by atoms with Crippen LogP contribution in [0.4, 0.5) is 0 Å². The highest BCUT2D eigenvalue weighted by Gasteiger charge is 2.26. The Hall–Kier alpha value is -1.81. The van der Waals surface area contributed by atoms with Crippen LogP contribution in [0.1, 0.15) is 25.1 Å². The van der Waals surface area contributed by atoms with Gasteiger partial charge in [0.25, 0.3) is 0 Å². The molecule has 1 aromatic carbocycles. The Bertz CT molecular complexity index is 678. The highest BCUT2D eigenvalue weighted by atomic mass is 35.5. The highest BCUT2D eigenvalue weighted by Crippen LogP contribution is 2.30. The molecule has 0 saturated carbocycles. The van der Waals surface area contributed by atoms with Gasteiger partial charge in [-0.05, 0) is 12.1 Å². The van der Waals surface area contributed by atoms with Crippen molar-refractivity contribution in [3.05, 3.63) is 40.5 Å². The lowest BCUT2D eigenvalue weighted by atomic mass is 10.00. The van der Waals surface area contributed by atoms with Crippen molar-refractivity contribution < 1.29 is 4.79 Å². The Labute approximate surface area is 129 Å². The van der Waals surface area contributed by atoms with E-state index in [4.69, 9.17) is 11.6 Å². The minimum Gasteiger partial charge on any atom is -0.338 e. The maximum Gasteiger partial charge on any atom is 0.225 e. The monoisotopic (exact) mass is 303 g/mol. The number of carbonyl (C=O) groups excluding carboxylic acids is 1. The SMILES string of the molecule is CC(C)C(=O)N1CCc2[nH]nc(-c3cccc(Cl)c3)c2C1. The summed E-state index contributed by atoms with van der Waals surface area (Å²) in [7, 11) is 0. The molecule has 0 atom stereocenters. The van der Waals surface area contributed by atoms with E-state index in [1.165, 1.54) is 0 Å². The fraction of sp³-hybridized carbons (Fsp3) is 0.375. The van der Waals surface area contributed by atoms with Gasteiger partial charge in [0.15, 0.2) is 0 Å². The van der Waals surface area contributed by atoms with Crippen LogP contribution < -0.4 is 0 Å². The van der Waals surface area contributed by atoms with Crippen LogP contribution >= 0.6 is 11.6 Å². The maximum atomic E-state index is 12.2. The number of carbonyl (C=O) groups is 1. The molecule has 0 fully saturated rings. The van der Waals surface area contributed by atoms with Crippen LogP contribution in [0, 0.1) is 5.92 Å². The van der Waals surface area contributed by atoms with Gasteiger partial charge in [0.2, 0.25) is 5.91 Å². The molecule has 0 spiro atoms. The number of fused-ring (bicyclic) bond motifs is 1. The zero-order valence-corrected chi connectivity index (χ0v) is 12.9. The van der Waals surface area contributed by atoms with Crippen molar-refractivity contribution >= 4 is 17.5 Å². The van der Waals surface area contributed by atoms with E-state index in [2.05, 4.69) is 10.2 Å². The largest absolute Gasteiger partial charge is 0.338 e. The predicted octanol–water partition coefficient (Wildman–Crippen LogP) is 3.27.